The smallest absolute Gasteiger partial charge is 0.416 e. The highest BCUT2D eigenvalue weighted by atomic mass is 35.5. The van der Waals surface area contributed by atoms with Crippen LogP contribution in [0.5, 0.6) is 0 Å². The maximum absolute atomic E-state index is 12.0. The normalized spacial score (nSPS) is 11.2. The highest BCUT2D eigenvalue weighted by Crippen LogP contribution is 2.32. The summed E-state index contributed by atoms with van der Waals surface area (Å²) in [6, 6.07) is 11.0. The van der Waals surface area contributed by atoms with E-state index < -0.39 is 6.09 Å². The molecular weight excluding hydrogens is 430 g/mol. The molecule has 0 unspecified atom stereocenters. The molecule has 2 N–H and O–H groups in total. The first-order valence-electron chi connectivity index (χ1n) is 9.69. The molecule has 1 aromatic carbocycles. The first-order chi connectivity index (χ1) is 15.4. The number of anilines is 2. The summed E-state index contributed by atoms with van der Waals surface area (Å²) in [5.41, 5.74) is 4.10. The first kappa shape index (κ1) is 19.8. The molecular formula is C22H18ClN7O2. The fourth-order valence-corrected chi connectivity index (χ4v) is 3.85. The number of aryl methyl sites for hydroxylation is 2. The van der Waals surface area contributed by atoms with Crippen LogP contribution in [0.15, 0.2) is 61.2 Å². The molecule has 0 fully saturated rings. The lowest BCUT2D eigenvalue weighted by molar-refractivity contribution is 0.198. The molecule has 9 nitrogen and oxygen atoms in total. The number of pyridine rings is 1. The van der Waals surface area contributed by atoms with Crippen LogP contribution in [0.2, 0.25) is 5.02 Å². The Labute approximate surface area is 187 Å². The number of hydrogen-bond acceptors (Lipinski definition) is 5. The van der Waals surface area contributed by atoms with Crippen molar-refractivity contribution in [2.75, 3.05) is 5.32 Å². The van der Waals surface area contributed by atoms with E-state index in [4.69, 9.17) is 11.6 Å². The van der Waals surface area contributed by atoms with E-state index >= 15 is 0 Å². The van der Waals surface area contributed by atoms with Crippen LogP contribution >= 0.6 is 11.6 Å². The Morgan fingerprint density at radius 1 is 1.06 bits per heavy atom. The lowest BCUT2D eigenvalue weighted by Gasteiger charge is -2.10. The van der Waals surface area contributed by atoms with Crippen molar-refractivity contribution in [1.82, 2.24) is 29.1 Å². The van der Waals surface area contributed by atoms with Gasteiger partial charge in [0.1, 0.15) is 5.82 Å². The minimum Gasteiger partial charge on any atom is -0.464 e. The van der Waals surface area contributed by atoms with Gasteiger partial charge < -0.3 is 10.4 Å². The van der Waals surface area contributed by atoms with Crippen molar-refractivity contribution in [3.05, 3.63) is 66.2 Å². The van der Waals surface area contributed by atoms with E-state index in [1.807, 2.05) is 37.5 Å². The number of carbonyl (C=O) groups is 1. The number of rotatable bonds is 4. The van der Waals surface area contributed by atoms with Gasteiger partial charge in [-0.05, 0) is 24.3 Å². The van der Waals surface area contributed by atoms with Crippen molar-refractivity contribution in [3.63, 3.8) is 0 Å². The van der Waals surface area contributed by atoms with Gasteiger partial charge in [0.05, 0.1) is 33.8 Å². The Bertz CT molecular complexity index is 1480. The quantitative estimate of drug-likeness (QED) is 0.411. The predicted octanol–water partition coefficient (Wildman–Crippen LogP) is 4.76. The van der Waals surface area contributed by atoms with Gasteiger partial charge in [-0.1, -0.05) is 17.7 Å². The minimum absolute atomic E-state index is 0.475. The van der Waals surface area contributed by atoms with Crippen molar-refractivity contribution >= 4 is 40.1 Å². The summed E-state index contributed by atoms with van der Waals surface area (Å²) in [5, 5.41) is 22.8. The van der Waals surface area contributed by atoms with Crippen molar-refractivity contribution < 1.29 is 9.90 Å². The zero-order valence-electron chi connectivity index (χ0n) is 17.2. The number of benzene rings is 1. The zero-order valence-corrected chi connectivity index (χ0v) is 17.9. The van der Waals surface area contributed by atoms with Crippen molar-refractivity contribution in [2.45, 2.75) is 0 Å². The number of nitrogens with one attached hydrogen (secondary N) is 1. The summed E-state index contributed by atoms with van der Waals surface area (Å²) < 4.78 is 4.58. The van der Waals surface area contributed by atoms with Gasteiger partial charge in [0.25, 0.3) is 0 Å². The van der Waals surface area contributed by atoms with Crippen molar-refractivity contribution in [3.8, 4) is 22.5 Å². The summed E-state index contributed by atoms with van der Waals surface area (Å²) in [4.78, 5) is 16.5. The summed E-state index contributed by atoms with van der Waals surface area (Å²) in [5.74, 6) is 0.475. The Morgan fingerprint density at radius 3 is 2.56 bits per heavy atom. The van der Waals surface area contributed by atoms with Gasteiger partial charge in [0.2, 0.25) is 0 Å². The molecule has 5 aromatic rings. The average Bonchev–Trinajstić information content (AvgIpc) is 3.47. The van der Waals surface area contributed by atoms with Gasteiger partial charge in [-0.2, -0.15) is 10.2 Å². The second kappa shape index (κ2) is 7.54. The van der Waals surface area contributed by atoms with Gasteiger partial charge in [-0.25, -0.2) is 14.3 Å². The van der Waals surface area contributed by atoms with Crippen molar-refractivity contribution in [1.29, 1.82) is 0 Å². The van der Waals surface area contributed by atoms with Crippen LogP contribution < -0.4 is 5.32 Å². The highest BCUT2D eigenvalue weighted by molar-refractivity contribution is 6.33. The molecule has 5 rings (SSSR count). The molecule has 0 aliphatic rings. The topological polar surface area (TPSA) is 103 Å². The van der Waals surface area contributed by atoms with Crippen LogP contribution in [0.25, 0.3) is 33.4 Å². The van der Waals surface area contributed by atoms with Crippen molar-refractivity contribution in [2.24, 2.45) is 14.1 Å². The zero-order chi connectivity index (χ0) is 22.4. The molecule has 10 heteroatoms. The van der Waals surface area contributed by atoms with E-state index in [1.54, 1.807) is 47.1 Å². The molecule has 0 atom stereocenters. The van der Waals surface area contributed by atoms with E-state index in [0.29, 0.717) is 38.7 Å². The van der Waals surface area contributed by atoms with Gasteiger partial charge >= 0.3 is 6.09 Å². The molecule has 160 valence electrons. The molecule has 0 saturated carbocycles. The molecule has 32 heavy (non-hydrogen) atoms. The van der Waals surface area contributed by atoms with Crippen LogP contribution in [0, 0.1) is 0 Å². The monoisotopic (exact) mass is 447 g/mol. The standard InChI is InChI=1S/C22H18ClN7O2/c1-28-6-5-17(27-28)13-3-4-18(16(23)7-13)26-21-9-20-14(10-24-21)8-19(30(20)22(31)32)15-11-25-29(2)12-15/h3-12H,1-2H3,(H,24,26)(H,31,32). The highest BCUT2D eigenvalue weighted by Gasteiger charge is 2.18. The fourth-order valence-electron chi connectivity index (χ4n) is 3.62. The van der Waals surface area contributed by atoms with Gasteiger partial charge in [-0.3, -0.25) is 9.36 Å². The van der Waals surface area contributed by atoms with E-state index in [0.717, 1.165) is 11.3 Å². The van der Waals surface area contributed by atoms with Crippen LogP contribution in [0.3, 0.4) is 0 Å². The lowest BCUT2D eigenvalue weighted by atomic mass is 10.1. The molecule has 0 spiro atoms. The minimum atomic E-state index is -1.09. The van der Waals surface area contributed by atoms with E-state index in [9.17, 15) is 9.90 Å². The molecule has 0 aliphatic carbocycles. The van der Waals surface area contributed by atoms with Gasteiger partial charge in [0.15, 0.2) is 0 Å². The Kier molecular flexibility index (Phi) is 4.67. The first-order valence-corrected chi connectivity index (χ1v) is 10.1. The number of fused-ring (bicyclic) bond motifs is 1. The summed E-state index contributed by atoms with van der Waals surface area (Å²) in [6.45, 7) is 0. The summed E-state index contributed by atoms with van der Waals surface area (Å²) >= 11 is 6.49. The van der Waals surface area contributed by atoms with Gasteiger partial charge in [-0.15, -0.1) is 0 Å². The SMILES string of the molecule is Cn1cc(-c2cc3cnc(Nc4ccc(-c5ccn(C)n5)cc4Cl)cc3n2C(=O)O)cn1. The second-order valence-electron chi connectivity index (χ2n) is 7.37. The second-order valence-corrected chi connectivity index (χ2v) is 7.78. The van der Waals surface area contributed by atoms with Crippen LogP contribution in [-0.4, -0.2) is 40.3 Å². The molecule has 0 bridgehead atoms. The maximum atomic E-state index is 12.0. The molecule has 0 amide bonds. The Hall–Kier alpha value is -4.11. The molecule has 4 aromatic heterocycles. The molecule has 4 heterocycles. The van der Waals surface area contributed by atoms with E-state index in [2.05, 4.69) is 20.5 Å². The lowest BCUT2D eigenvalue weighted by Crippen LogP contribution is -2.09. The third kappa shape index (κ3) is 3.48. The van der Waals surface area contributed by atoms with E-state index in [1.165, 1.54) is 4.57 Å². The third-order valence-corrected chi connectivity index (χ3v) is 5.43. The van der Waals surface area contributed by atoms with E-state index in [-0.39, 0.29) is 0 Å². The molecule has 0 radical (unpaired) electrons. The fraction of sp³-hybridized carbons (Fsp3) is 0.0909. The number of nitrogens with zero attached hydrogens (tertiary/aromatic N) is 6. The predicted molar refractivity (Wildman–Crippen MR) is 122 cm³/mol. The average molecular weight is 448 g/mol. The number of halogens is 1. The Balaban J connectivity index is 1.51. The summed E-state index contributed by atoms with van der Waals surface area (Å²) in [7, 11) is 3.64. The Morgan fingerprint density at radius 2 is 1.91 bits per heavy atom. The molecule has 0 aliphatic heterocycles. The van der Waals surface area contributed by atoms with Crippen LogP contribution in [-0.2, 0) is 14.1 Å². The van der Waals surface area contributed by atoms with Crippen LogP contribution in [0.1, 0.15) is 0 Å². The molecule has 0 saturated heterocycles. The number of aromatic nitrogens is 6. The largest absolute Gasteiger partial charge is 0.464 e. The third-order valence-electron chi connectivity index (χ3n) is 5.12. The number of carboxylic acid groups (broad SMARTS) is 1. The summed E-state index contributed by atoms with van der Waals surface area (Å²) in [6.07, 6.45) is 5.81. The number of hydrogen-bond donors (Lipinski definition) is 2. The maximum Gasteiger partial charge on any atom is 0.416 e. The van der Waals surface area contributed by atoms with Gasteiger partial charge in [0, 0.05) is 55.3 Å². The van der Waals surface area contributed by atoms with Crippen LogP contribution in [0.4, 0.5) is 16.3 Å².